The predicted octanol–water partition coefficient (Wildman–Crippen LogP) is 1.64. The molecule has 0 saturated carbocycles. The normalized spacial score (nSPS) is 9.44. The van der Waals surface area contributed by atoms with Crippen molar-refractivity contribution in [3.05, 3.63) is 30.1 Å². The van der Waals surface area contributed by atoms with E-state index in [9.17, 15) is 14.4 Å². The van der Waals surface area contributed by atoms with E-state index in [0.717, 1.165) is 19.3 Å². The number of carbonyl (C=O) groups excluding carboxylic acids is 3. The van der Waals surface area contributed by atoms with Crippen molar-refractivity contribution in [2.45, 2.75) is 46.1 Å². The molecular formula is C18H29N2O5+. The van der Waals surface area contributed by atoms with E-state index in [1.165, 1.54) is 14.2 Å². The maximum Gasteiger partial charge on any atom is 0.343 e. The third-order valence-corrected chi connectivity index (χ3v) is 3.21. The molecule has 1 rings (SSSR count). The number of aromatic nitrogens is 1. The van der Waals surface area contributed by atoms with Gasteiger partial charge in [0.2, 0.25) is 6.54 Å². The first kappa shape index (κ1) is 22.6. The highest BCUT2D eigenvalue weighted by Crippen LogP contribution is 2.00. The summed E-state index contributed by atoms with van der Waals surface area (Å²) in [7, 11) is 2.68. The Kier molecular flexibility index (Phi) is 12.6. The standard InChI is InChI=1S/C16H22N2O5.C2H6/c1-22-15(20)8-4-3-5-9-17-14(19)12-18-10-6-7-13(11-18)16(21)23-2;1-2/h6-7,10-11H,3-5,8-9,12H2,1-2H3;1-2H3/p+1. The van der Waals surface area contributed by atoms with Gasteiger partial charge in [0, 0.05) is 19.0 Å². The van der Waals surface area contributed by atoms with Crippen LogP contribution < -0.4 is 9.88 Å². The highest BCUT2D eigenvalue weighted by molar-refractivity contribution is 5.88. The summed E-state index contributed by atoms with van der Waals surface area (Å²) in [5.41, 5.74) is 0.394. The molecule has 0 aliphatic heterocycles. The molecule has 1 amide bonds. The van der Waals surface area contributed by atoms with E-state index in [-0.39, 0.29) is 18.4 Å². The number of rotatable bonds is 9. The highest BCUT2D eigenvalue weighted by Gasteiger charge is 2.13. The lowest BCUT2D eigenvalue weighted by molar-refractivity contribution is -0.684. The van der Waals surface area contributed by atoms with Crippen LogP contribution in [-0.2, 0) is 25.6 Å². The van der Waals surface area contributed by atoms with Crippen molar-refractivity contribution in [3.8, 4) is 0 Å². The molecule has 0 spiro atoms. The lowest BCUT2D eigenvalue weighted by atomic mass is 10.2. The van der Waals surface area contributed by atoms with Crippen molar-refractivity contribution in [1.82, 2.24) is 5.32 Å². The first-order valence-corrected chi connectivity index (χ1v) is 8.47. The number of pyridine rings is 1. The predicted molar refractivity (Wildman–Crippen MR) is 92.8 cm³/mol. The fraction of sp³-hybridized carbons (Fsp3) is 0.556. The Morgan fingerprint density at radius 3 is 2.44 bits per heavy atom. The van der Waals surface area contributed by atoms with E-state index in [1.807, 2.05) is 13.8 Å². The maximum absolute atomic E-state index is 11.8. The maximum atomic E-state index is 11.8. The van der Waals surface area contributed by atoms with Crippen LogP contribution in [0.1, 0.15) is 49.9 Å². The van der Waals surface area contributed by atoms with E-state index in [2.05, 4.69) is 14.8 Å². The van der Waals surface area contributed by atoms with Crippen molar-refractivity contribution in [3.63, 3.8) is 0 Å². The van der Waals surface area contributed by atoms with Gasteiger partial charge in [0.25, 0.3) is 5.91 Å². The van der Waals surface area contributed by atoms with Crippen molar-refractivity contribution < 1.29 is 28.4 Å². The molecule has 0 fully saturated rings. The lowest BCUT2D eigenvalue weighted by Gasteiger charge is -2.04. The third kappa shape index (κ3) is 10.1. The molecule has 7 heteroatoms. The number of carbonyl (C=O) groups is 3. The van der Waals surface area contributed by atoms with Crippen molar-refractivity contribution in [1.29, 1.82) is 0 Å². The van der Waals surface area contributed by atoms with Gasteiger partial charge in [-0.1, -0.05) is 20.3 Å². The summed E-state index contributed by atoms with van der Waals surface area (Å²) >= 11 is 0. The minimum absolute atomic E-state index is 0.132. The molecular weight excluding hydrogens is 324 g/mol. The molecule has 1 aromatic heterocycles. The van der Waals surface area contributed by atoms with Crippen LogP contribution in [0.15, 0.2) is 24.5 Å². The van der Waals surface area contributed by atoms with E-state index in [0.29, 0.717) is 18.5 Å². The quantitative estimate of drug-likeness (QED) is 0.414. The summed E-state index contributed by atoms with van der Waals surface area (Å²) in [5.74, 6) is -0.786. The summed E-state index contributed by atoms with van der Waals surface area (Å²) in [6, 6.07) is 3.31. The second-order valence-electron chi connectivity index (χ2n) is 4.99. The molecule has 0 aliphatic rings. The van der Waals surface area contributed by atoms with Gasteiger partial charge < -0.3 is 14.8 Å². The van der Waals surface area contributed by atoms with Gasteiger partial charge >= 0.3 is 11.9 Å². The average Bonchev–Trinajstić information content (AvgIpc) is 2.65. The van der Waals surface area contributed by atoms with E-state index >= 15 is 0 Å². The Balaban J connectivity index is 0.00000277. The Hall–Kier alpha value is -2.44. The number of esters is 2. The van der Waals surface area contributed by atoms with Gasteiger partial charge in [-0.2, -0.15) is 4.57 Å². The highest BCUT2D eigenvalue weighted by atomic mass is 16.5. The summed E-state index contributed by atoms with van der Waals surface area (Å²) in [6.45, 7) is 4.68. The first-order valence-electron chi connectivity index (χ1n) is 8.47. The van der Waals surface area contributed by atoms with Gasteiger partial charge in [-0.25, -0.2) is 4.79 Å². The van der Waals surface area contributed by atoms with Gasteiger partial charge in [0.05, 0.1) is 14.2 Å². The van der Waals surface area contributed by atoms with E-state index in [4.69, 9.17) is 0 Å². The van der Waals surface area contributed by atoms with Gasteiger partial charge in [-0.05, 0) is 18.9 Å². The van der Waals surface area contributed by atoms with Crippen molar-refractivity contribution >= 4 is 17.8 Å². The fourth-order valence-corrected chi connectivity index (χ4v) is 1.98. The van der Waals surface area contributed by atoms with Gasteiger partial charge in [-0.3, -0.25) is 9.59 Å². The van der Waals surface area contributed by atoms with Crippen LogP contribution in [0.2, 0.25) is 0 Å². The molecule has 1 N–H and O–H groups in total. The molecule has 0 bridgehead atoms. The third-order valence-electron chi connectivity index (χ3n) is 3.21. The zero-order valence-corrected chi connectivity index (χ0v) is 15.5. The molecule has 1 heterocycles. The number of methoxy groups -OCH3 is 2. The molecule has 140 valence electrons. The summed E-state index contributed by atoms with van der Waals surface area (Å²) < 4.78 is 10.8. The Morgan fingerprint density at radius 2 is 1.80 bits per heavy atom. The van der Waals surface area contributed by atoms with Crippen LogP contribution in [0.3, 0.4) is 0 Å². The molecule has 0 aromatic carbocycles. The molecule has 0 atom stereocenters. The van der Waals surface area contributed by atoms with Crippen LogP contribution in [0.25, 0.3) is 0 Å². The van der Waals surface area contributed by atoms with Crippen LogP contribution >= 0.6 is 0 Å². The van der Waals surface area contributed by atoms with Gasteiger partial charge in [0.15, 0.2) is 12.4 Å². The molecule has 7 nitrogen and oxygen atoms in total. The Labute approximate surface area is 149 Å². The number of nitrogens with one attached hydrogen (secondary N) is 1. The molecule has 0 saturated heterocycles. The smallest absolute Gasteiger partial charge is 0.343 e. The van der Waals surface area contributed by atoms with Crippen LogP contribution in [0.5, 0.6) is 0 Å². The number of hydrogen-bond acceptors (Lipinski definition) is 5. The second kappa shape index (κ2) is 13.9. The summed E-state index contributed by atoms with van der Waals surface area (Å²) in [4.78, 5) is 34.2. The minimum atomic E-state index is -0.439. The molecule has 0 radical (unpaired) electrons. The van der Waals surface area contributed by atoms with Crippen LogP contribution in [0, 0.1) is 0 Å². The number of ether oxygens (including phenoxy) is 2. The molecule has 0 aliphatic carbocycles. The van der Waals surface area contributed by atoms with Crippen LogP contribution in [0.4, 0.5) is 0 Å². The average molecular weight is 353 g/mol. The van der Waals surface area contributed by atoms with Crippen molar-refractivity contribution in [2.75, 3.05) is 20.8 Å². The SMILES string of the molecule is CC.COC(=O)CCCCCNC(=O)C[n+]1cccc(C(=O)OC)c1. The number of amides is 1. The Bertz CT molecular complexity index is 546. The number of nitrogens with zero attached hydrogens (tertiary/aromatic N) is 1. The molecule has 25 heavy (non-hydrogen) atoms. The Morgan fingerprint density at radius 1 is 1.08 bits per heavy atom. The molecule has 1 aromatic rings. The minimum Gasteiger partial charge on any atom is -0.469 e. The zero-order valence-electron chi connectivity index (χ0n) is 15.5. The van der Waals surface area contributed by atoms with Gasteiger partial charge in [0.1, 0.15) is 5.56 Å². The fourth-order valence-electron chi connectivity index (χ4n) is 1.98. The molecule has 0 unspecified atom stereocenters. The van der Waals surface area contributed by atoms with E-state index < -0.39 is 5.97 Å². The summed E-state index contributed by atoms with van der Waals surface area (Å²) in [5, 5.41) is 2.80. The number of hydrogen-bond donors (Lipinski definition) is 1. The second-order valence-corrected chi connectivity index (χ2v) is 4.99. The summed E-state index contributed by atoms with van der Waals surface area (Å²) in [6.07, 6.45) is 6.08. The van der Waals surface area contributed by atoms with Crippen LogP contribution in [-0.4, -0.2) is 38.6 Å². The first-order chi connectivity index (χ1) is 12.1. The monoisotopic (exact) mass is 353 g/mol. The topological polar surface area (TPSA) is 85.6 Å². The van der Waals surface area contributed by atoms with Gasteiger partial charge in [-0.15, -0.1) is 0 Å². The largest absolute Gasteiger partial charge is 0.469 e. The zero-order chi connectivity index (χ0) is 19.1. The lowest BCUT2D eigenvalue weighted by Crippen LogP contribution is -2.43. The van der Waals surface area contributed by atoms with E-state index in [1.54, 1.807) is 29.1 Å². The van der Waals surface area contributed by atoms with Crippen molar-refractivity contribution in [2.24, 2.45) is 0 Å². The number of unbranched alkanes of at least 4 members (excludes halogenated alkanes) is 2.